The van der Waals surface area contributed by atoms with E-state index in [0.29, 0.717) is 0 Å². The van der Waals surface area contributed by atoms with Crippen molar-refractivity contribution in [2.75, 3.05) is 0 Å². The van der Waals surface area contributed by atoms with Crippen molar-refractivity contribution in [1.82, 2.24) is 0 Å². The largest absolute Gasteiger partial charge is 1.00 e. The van der Waals surface area contributed by atoms with Crippen LogP contribution in [0.2, 0.25) is 0 Å². The smallest absolute Gasteiger partial charge is 1.00 e. The summed E-state index contributed by atoms with van der Waals surface area (Å²) in [6.45, 7) is 4.33. The van der Waals surface area contributed by atoms with Gasteiger partial charge in [-0.25, -0.2) is 0 Å². The Balaban J connectivity index is -0.0000000257. The number of rotatable bonds is 0. The van der Waals surface area contributed by atoms with Crippen LogP contribution in [-0.2, 0) is 19.2 Å². The molecule has 0 radical (unpaired) electrons. The van der Waals surface area contributed by atoms with Gasteiger partial charge in [0, 0.05) is 27.7 Å². The van der Waals surface area contributed by atoms with Crippen LogP contribution in [0.25, 0.3) is 0 Å². The number of hydrogen-bond donors (Lipinski definition) is 4. The van der Waals surface area contributed by atoms with Crippen LogP contribution in [0.5, 0.6) is 0 Å². The Bertz CT molecular complexity index is 167. The number of carboxylic acids is 4. The molecular formula is C8H16BrNaO8. The van der Waals surface area contributed by atoms with Crippen molar-refractivity contribution in [2.24, 2.45) is 0 Å². The molecule has 8 nitrogen and oxygen atoms in total. The molecule has 0 aliphatic heterocycles. The maximum absolute atomic E-state index is 9.00. The first-order valence-electron chi connectivity index (χ1n) is 3.71. The van der Waals surface area contributed by atoms with E-state index in [1.165, 1.54) is 0 Å². The Morgan fingerprint density at radius 1 is 0.556 bits per heavy atom. The van der Waals surface area contributed by atoms with Gasteiger partial charge in [-0.15, -0.1) is 0 Å². The van der Waals surface area contributed by atoms with Crippen LogP contribution in [0.15, 0.2) is 0 Å². The van der Waals surface area contributed by atoms with Crippen LogP contribution in [0.1, 0.15) is 27.7 Å². The van der Waals surface area contributed by atoms with Crippen LogP contribution in [-0.4, -0.2) is 44.3 Å². The van der Waals surface area contributed by atoms with Gasteiger partial charge in [-0.2, -0.15) is 0 Å². The Morgan fingerprint density at radius 2 is 0.556 bits per heavy atom. The zero-order valence-corrected chi connectivity index (χ0v) is 14.4. The Kier molecular flexibility index (Phi) is 59.8. The monoisotopic (exact) mass is 342 g/mol. The first-order valence-corrected chi connectivity index (χ1v) is 3.71. The first-order chi connectivity index (χ1) is 6.93. The van der Waals surface area contributed by atoms with Gasteiger partial charge < -0.3 is 37.4 Å². The van der Waals surface area contributed by atoms with E-state index in [2.05, 4.69) is 0 Å². The van der Waals surface area contributed by atoms with Gasteiger partial charge in [-0.1, -0.05) is 0 Å². The average molecular weight is 343 g/mol. The summed E-state index contributed by atoms with van der Waals surface area (Å²) in [7, 11) is 0. The number of halogens is 1. The Hall–Kier alpha value is -0.640. The van der Waals surface area contributed by atoms with E-state index in [0.717, 1.165) is 27.7 Å². The normalized spacial score (nSPS) is 5.56. The molecule has 0 amide bonds. The summed E-state index contributed by atoms with van der Waals surface area (Å²) < 4.78 is 0. The summed E-state index contributed by atoms with van der Waals surface area (Å²) in [4.78, 5) is 36.0. The summed E-state index contributed by atoms with van der Waals surface area (Å²) >= 11 is 0. The molecule has 10 heteroatoms. The van der Waals surface area contributed by atoms with Gasteiger partial charge in [0.05, 0.1) is 0 Å². The molecule has 0 atom stereocenters. The zero-order valence-electron chi connectivity index (χ0n) is 10.8. The van der Waals surface area contributed by atoms with E-state index in [4.69, 9.17) is 39.6 Å². The molecule has 0 heterocycles. The predicted molar refractivity (Wildman–Crippen MR) is 53.2 cm³/mol. The third kappa shape index (κ3) is 7730. The molecule has 0 fully saturated rings. The van der Waals surface area contributed by atoms with E-state index < -0.39 is 23.9 Å². The molecule has 0 aromatic carbocycles. The fourth-order valence-corrected chi connectivity index (χ4v) is 0. The molecule has 0 aliphatic carbocycles. The van der Waals surface area contributed by atoms with Gasteiger partial charge in [0.1, 0.15) is 0 Å². The maximum atomic E-state index is 9.00. The Morgan fingerprint density at radius 3 is 0.556 bits per heavy atom. The quantitative estimate of drug-likeness (QED) is 0.318. The molecule has 4 N–H and O–H groups in total. The van der Waals surface area contributed by atoms with Gasteiger partial charge in [0.15, 0.2) is 0 Å². The fraction of sp³-hybridized carbons (Fsp3) is 0.500. The predicted octanol–water partition coefficient (Wildman–Crippen LogP) is -5.63. The number of carbonyl (C=O) groups is 4. The summed E-state index contributed by atoms with van der Waals surface area (Å²) in [5.41, 5.74) is 0. The van der Waals surface area contributed by atoms with Crippen molar-refractivity contribution in [3.05, 3.63) is 0 Å². The minimum absolute atomic E-state index is 0. The molecule has 0 spiro atoms. The molecule has 0 aromatic rings. The van der Waals surface area contributed by atoms with Gasteiger partial charge >= 0.3 is 29.6 Å². The number of hydrogen-bond acceptors (Lipinski definition) is 4. The minimum Gasteiger partial charge on any atom is -1.00 e. The van der Waals surface area contributed by atoms with Crippen LogP contribution >= 0.6 is 0 Å². The third-order valence-corrected chi connectivity index (χ3v) is 0. The van der Waals surface area contributed by atoms with Crippen molar-refractivity contribution in [3.8, 4) is 0 Å². The van der Waals surface area contributed by atoms with Crippen molar-refractivity contribution in [1.29, 1.82) is 0 Å². The molecule has 0 saturated heterocycles. The first kappa shape index (κ1) is 36.0. The van der Waals surface area contributed by atoms with E-state index in [1.807, 2.05) is 0 Å². The molecule has 18 heavy (non-hydrogen) atoms. The van der Waals surface area contributed by atoms with Crippen LogP contribution < -0.4 is 46.5 Å². The van der Waals surface area contributed by atoms with E-state index in [1.54, 1.807) is 0 Å². The van der Waals surface area contributed by atoms with Gasteiger partial charge in [0.25, 0.3) is 23.9 Å². The van der Waals surface area contributed by atoms with Crippen LogP contribution in [0.4, 0.5) is 0 Å². The van der Waals surface area contributed by atoms with Crippen molar-refractivity contribution >= 4 is 23.9 Å². The average Bonchev–Trinajstić information content (AvgIpc) is 1.76. The van der Waals surface area contributed by atoms with Gasteiger partial charge in [0.2, 0.25) is 0 Å². The van der Waals surface area contributed by atoms with Crippen LogP contribution in [0, 0.1) is 0 Å². The van der Waals surface area contributed by atoms with E-state index in [-0.39, 0.29) is 46.5 Å². The summed E-state index contributed by atoms with van der Waals surface area (Å²) in [6.07, 6.45) is 0. The van der Waals surface area contributed by atoms with Crippen molar-refractivity contribution < 1.29 is 86.1 Å². The summed E-state index contributed by atoms with van der Waals surface area (Å²) in [5.74, 6) is -3.33. The second-order valence-electron chi connectivity index (χ2n) is 2.08. The minimum atomic E-state index is -0.833. The second-order valence-corrected chi connectivity index (χ2v) is 2.08. The standard InChI is InChI=1S/4C2H4O2.BrH.Na/c4*1-2(3)4;;/h4*1H3,(H,3,4);1H;/q;;;;;+1/p-1. The molecule has 0 unspecified atom stereocenters. The van der Waals surface area contributed by atoms with Gasteiger partial charge in [-0.3, -0.25) is 19.2 Å². The molecule has 0 bridgehead atoms. The van der Waals surface area contributed by atoms with Crippen LogP contribution in [0.3, 0.4) is 0 Å². The van der Waals surface area contributed by atoms with Crippen molar-refractivity contribution in [2.45, 2.75) is 27.7 Å². The van der Waals surface area contributed by atoms with E-state index >= 15 is 0 Å². The Labute approximate surface area is 137 Å². The summed E-state index contributed by atoms with van der Waals surface area (Å²) in [5, 5.41) is 29.7. The topological polar surface area (TPSA) is 149 Å². The SMILES string of the molecule is CC(=O)O.CC(=O)O.CC(=O)O.CC(=O)O.[Br-].[Na+]. The molecule has 0 rings (SSSR count). The van der Waals surface area contributed by atoms with Crippen molar-refractivity contribution in [3.63, 3.8) is 0 Å². The molecule has 104 valence electrons. The van der Waals surface area contributed by atoms with E-state index in [9.17, 15) is 0 Å². The second kappa shape index (κ2) is 29.9. The molecule has 0 aliphatic rings. The summed E-state index contributed by atoms with van der Waals surface area (Å²) in [6, 6.07) is 0. The molecule has 0 saturated carbocycles. The molecule has 0 aromatic heterocycles. The third-order valence-electron chi connectivity index (χ3n) is 0. The number of aliphatic carboxylic acids is 4. The maximum Gasteiger partial charge on any atom is 1.00 e. The number of carboxylic acid groups (broad SMARTS) is 4. The zero-order chi connectivity index (χ0) is 14.3. The fourth-order valence-electron chi connectivity index (χ4n) is 0. The van der Waals surface area contributed by atoms with Gasteiger partial charge in [-0.05, 0) is 0 Å². The molecular weight excluding hydrogens is 327 g/mol.